The fraction of sp³-hybridized carbons (Fsp3) is 0.174. The molecule has 0 bridgehead atoms. The van der Waals surface area contributed by atoms with Crippen molar-refractivity contribution in [1.29, 1.82) is 0 Å². The summed E-state index contributed by atoms with van der Waals surface area (Å²) in [6.07, 6.45) is 2.67. The third-order valence-electron chi connectivity index (χ3n) is 4.05. The van der Waals surface area contributed by atoms with Crippen molar-refractivity contribution in [2.75, 3.05) is 6.61 Å². The number of aryl methyl sites for hydroxylation is 1. The van der Waals surface area contributed by atoms with Crippen LogP contribution in [0.2, 0.25) is 0 Å². The van der Waals surface area contributed by atoms with Crippen molar-refractivity contribution in [3.63, 3.8) is 0 Å². The highest BCUT2D eigenvalue weighted by molar-refractivity contribution is 5.76. The summed E-state index contributed by atoms with van der Waals surface area (Å²) in [7, 11) is 0. The van der Waals surface area contributed by atoms with Gasteiger partial charge in [0, 0.05) is 5.56 Å². The van der Waals surface area contributed by atoms with E-state index < -0.39 is 0 Å². The van der Waals surface area contributed by atoms with Crippen LogP contribution in [0, 0.1) is 0 Å². The zero-order chi connectivity index (χ0) is 18.0. The van der Waals surface area contributed by atoms with Crippen molar-refractivity contribution in [2.24, 2.45) is 0 Å². The number of benzene rings is 3. The molecule has 0 atom stereocenters. The predicted molar refractivity (Wildman–Crippen MR) is 103 cm³/mol. The van der Waals surface area contributed by atoms with E-state index in [9.17, 15) is 4.79 Å². The van der Waals surface area contributed by atoms with Crippen LogP contribution in [0.4, 0.5) is 0 Å². The number of carbonyl (C=O) groups excluding carboxylic acids is 1. The van der Waals surface area contributed by atoms with Gasteiger partial charge < -0.3 is 9.47 Å². The van der Waals surface area contributed by atoms with Gasteiger partial charge in [-0.05, 0) is 42.2 Å². The summed E-state index contributed by atoms with van der Waals surface area (Å²) in [6, 6.07) is 25.6. The molecule has 0 heterocycles. The van der Waals surface area contributed by atoms with E-state index in [-0.39, 0.29) is 0 Å². The summed E-state index contributed by atoms with van der Waals surface area (Å²) < 4.78 is 11.8. The molecule has 3 aromatic carbocycles. The molecule has 0 aliphatic heterocycles. The second kappa shape index (κ2) is 9.42. The largest absolute Gasteiger partial charge is 0.490 e. The Morgan fingerprint density at radius 2 is 1.42 bits per heavy atom. The molecule has 0 fully saturated rings. The first kappa shape index (κ1) is 17.7. The second-order valence-corrected chi connectivity index (χ2v) is 6.04. The Morgan fingerprint density at radius 3 is 2.12 bits per heavy atom. The first-order valence-corrected chi connectivity index (χ1v) is 8.78. The van der Waals surface area contributed by atoms with Gasteiger partial charge in [0.25, 0.3) is 0 Å². The van der Waals surface area contributed by atoms with Crippen molar-refractivity contribution < 1.29 is 14.3 Å². The summed E-state index contributed by atoms with van der Waals surface area (Å²) >= 11 is 0. The van der Waals surface area contributed by atoms with Gasteiger partial charge in [0.1, 0.15) is 12.9 Å². The maximum absolute atomic E-state index is 11.1. The van der Waals surface area contributed by atoms with E-state index >= 15 is 0 Å². The maximum atomic E-state index is 11.1. The van der Waals surface area contributed by atoms with Crippen LogP contribution in [0.1, 0.15) is 27.9 Å². The molecule has 132 valence electrons. The minimum atomic E-state index is 0.460. The lowest BCUT2D eigenvalue weighted by atomic mass is 10.1. The molecule has 0 aliphatic rings. The quantitative estimate of drug-likeness (QED) is 0.400. The molecule has 26 heavy (non-hydrogen) atoms. The monoisotopic (exact) mass is 346 g/mol. The van der Waals surface area contributed by atoms with Crippen LogP contribution < -0.4 is 9.47 Å². The first-order valence-electron chi connectivity index (χ1n) is 8.78. The van der Waals surface area contributed by atoms with Crippen molar-refractivity contribution in [2.45, 2.75) is 19.4 Å². The van der Waals surface area contributed by atoms with Gasteiger partial charge in [-0.25, -0.2) is 0 Å². The summed E-state index contributed by atoms with van der Waals surface area (Å²) in [4.78, 5) is 11.1. The molecule has 0 saturated heterocycles. The zero-order valence-corrected chi connectivity index (χ0v) is 14.6. The highest BCUT2D eigenvalue weighted by Gasteiger charge is 2.07. The molecule has 0 spiro atoms. The summed E-state index contributed by atoms with van der Waals surface area (Å²) in [5.74, 6) is 1.26. The Labute approximate surface area is 154 Å². The SMILES string of the molecule is O=Cc1ccc(OCc2ccccc2)c(OCCCc2ccccc2)c1. The summed E-state index contributed by atoms with van der Waals surface area (Å²) in [5, 5.41) is 0. The van der Waals surface area contributed by atoms with Crippen LogP contribution in [-0.2, 0) is 13.0 Å². The van der Waals surface area contributed by atoms with Gasteiger partial charge >= 0.3 is 0 Å². The molecular weight excluding hydrogens is 324 g/mol. The molecule has 0 saturated carbocycles. The standard InChI is InChI=1S/C23H22O3/c24-17-21-13-14-22(26-18-20-10-5-2-6-11-20)23(16-21)25-15-7-12-19-8-3-1-4-9-19/h1-6,8-11,13-14,16-17H,7,12,15,18H2. The molecule has 3 aromatic rings. The number of hydrogen-bond donors (Lipinski definition) is 0. The van der Waals surface area contributed by atoms with E-state index in [2.05, 4.69) is 12.1 Å². The Bertz CT molecular complexity index is 813. The topological polar surface area (TPSA) is 35.5 Å². The van der Waals surface area contributed by atoms with Gasteiger partial charge in [-0.3, -0.25) is 4.79 Å². The number of aldehydes is 1. The van der Waals surface area contributed by atoms with Gasteiger partial charge in [-0.15, -0.1) is 0 Å². The van der Waals surface area contributed by atoms with Gasteiger partial charge in [0.15, 0.2) is 11.5 Å². The van der Waals surface area contributed by atoms with Crippen molar-refractivity contribution in [3.8, 4) is 11.5 Å². The van der Waals surface area contributed by atoms with Crippen LogP contribution in [0.5, 0.6) is 11.5 Å². The smallest absolute Gasteiger partial charge is 0.161 e. The lowest BCUT2D eigenvalue weighted by Gasteiger charge is -2.13. The number of ether oxygens (including phenoxy) is 2. The van der Waals surface area contributed by atoms with Crippen molar-refractivity contribution in [3.05, 3.63) is 95.6 Å². The number of carbonyl (C=O) groups is 1. The summed E-state index contributed by atoms with van der Waals surface area (Å²) in [5.41, 5.74) is 2.95. The van der Waals surface area contributed by atoms with Crippen LogP contribution >= 0.6 is 0 Å². The fourth-order valence-corrected chi connectivity index (χ4v) is 2.67. The van der Waals surface area contributed by atoms with Gasteiger partial charge in [0.05, 0.1) is 6.61 Å². The molecule has 0 aliphatic carbocycles. The Balaban J connectivity index is 1.59. The molecular formula is C23H22O3. The Kier molecular flexibility index (Phi) is 6.43. The first-order chi connectivity index (χ1) is 12.8. The lowest BCUT2D eigenvalue weighted by Crippen LogP contribution is -2.03. The zero-order valence-electron chi connectivity index (χ0n) is 14.6. The van der Waals surface area contributed by atoms with Crippen LogP contribution in [0.3, 0.4) is 0 Å². The van der Waals surface area contributed by atoms with Crippen molar-refractivity contribution in [1.82, 2.24) is 0 Å². The molecule has 0 radical (unpaired) electrons. The second-order valence-electron chi connectivity index (χ2n) is 6.04. The van der Waals surface area contributed by atoms with E-state index in [1.54, 1.807) is 18.2 Å². The highest BCUT2D eigenvalue weighted by atomic mass is 16.5. The Hall–Kier alpha value is -3.07. The average Bonchev–Trinajstić information content (AvgIpc) is 2.71. The minimum Gasteiger partial charge on any atom is -0.490 e. The van der Waals surface area contributed by atoms with Gasteiger partial charge in [-0.2, -0.15) is 0 Å². The third kappa shape index (κ3) is 5.21. The lowest BCUT2D eigenvalue weighted by molar-refractivity contribution is 0.112. The van der Waals surface area contributed by atoms with Crippen LogP contribution in [0.15, 0.2) is 78.9 Å². The molecule has 3 nitrogen and oxygen atoms in total. The van der Waals surface area contributed by atoms with E-state index in [0.717, 1.165) is 24.7 Å². The van der Waals surface area contributed by atoms with E-state index in [1.807, 2.05) is 48.5 Å². The summed E-state index contributed by atoms with van der Waals surface area (Å²) in [6.45, 7) is 1.03. The van der Waals surface area contributed by atoms with E-state index in [4.69, 9.17) is 9.47 Å². The molecule has 3 heteroatoms. The average molecular weight is 346 g/mol. The Morgan fingerprint density at radius 1 is 0.731 bits per heavy atom. The highest BCUT2D eigenvalue weighted by Crippen LogP contribution is 2.29. The van der Waals surface area contributed by atoms with Crippen LogP contribution in [0.25, 0.3) is 0 Å². The third-order valence-corrected chi connectivity index (χ3v) is 4.05. The molecule has 0 aromatic heterocycles. The van der Waals surface area contributed by atoms with E-state index in [1.165, 1.54) is 5.56 Å². The molecule has 0 amide bonds. The van der Waals surface area contributed by atoms with Gasteiger partial charge in [0.2, 0.25) is 0 Å². The van der Waals surface area contributed by atoms with Gasteiger partial charge in [-0.1, -0.05) is 60.7 Å². The molecule has 0 N–H and O–H groups in total. The number of rotatable bonds is 9. The fourth-order valence-electron chi connectivity index (χ4n) is 2.67. The predicted octanol–water partition coefficient (Wildman–Crippen LogP) is 5.09. The number of hydrogen-bond acceptors (Lipinski definition) is 3. The normalized spacial score (nSPS) is 10.3. The molecule has 3 rings (SSSR count). The maximum Gasteiger partial charge on any atom is 0.161 e. The van der Waals surface area contributed by atoms with Crippen LogP contribution in [-0.4, -0.2) is 12.9 Å². The minimum absolute atomic E-state index is 0.460. The van der Waals surface area contributed by atoms with Crippen molar-refractivity contribution >= 4 is 6.29 Å². The van der Waals surface area contributed by atoms with E-state index in [0.29, 0.717) is 30.3 Å². The molecule has 0 unspecified atom stereocenters.